The van der Waals surface area contributed by atoms with Gasteiger partial charge in [-0.3, -0.25) is 0 Å². The summed E-state index contributed by atoms with van der Waals surface area (Å²) in [6.07, 6.45) is 19.5. The molecular formula is C18H39KO2. The summed E-state index contributed by atoms with van der Waals surface area (Å²) >= 11 is 0. The summed E-state index contributed by atoms with van der Waals surface area (Å²) in [4.78, 5) is 0. The molecule has 0 amide bonds. The summed E-state index contributed by atoms with van der Waals surface area (Å²) in [5.74, 6) is 0. The van der Waals surface area contributed by atoms with Crippen LogP contribution < -0.4 is 51.4 Å². The zero-order chi connectivity index (χ0) is 14.7. The minimum Gasteiger partial charge on any atom is -1.00 e. The van der Waals surface area contributed by atoms with Gasteiger partial charge < -0.3 is 11.3 Å². The molecule has 0 saturated heterocycles. The molecule has 0 bridgehead atoms. The minimum atomic E-state index is 0. The zero-order valence-corrected chi connectivity index (χ0v) is 18.0. The van der Waals surface area contributed by atoms with Crippen molar-refractivity contribution < 1.29 is 62.7 Å². The molecule has 3 heteroatoms. The van der Waals surface area contributed by atoms with Crippen LogP contribution in [0.1, 0.15) is 98.2 Å². The minimum absolute atomic E-state index is 0. The molecule has 0 heterocycles. The normalized spacial score (nSPS) is 10.6. The fourth-order valence-electron chi connectivity index (χ4n) is 2.57. The largest absolute Gasteiger partial charge is 1.00 e. The van der Waals surface area contributed by atoms with E-state index in [1.54, 1.807) is 0 Å². The Balaban J connectivity index is -0.00000180. The molecule has 0 atom stereocenters. The van der Waals surface area contributed by atoms with Crippen LogP contribution in [0.3, 0.4) is 0 Å². The van der Waals surface area contributed by atoms with E-state index >= 15 is 0 Å². The molecule has 0 aliphatic carbocycles. The third kappa shape index (κ3) is 23.9. The maximum absolute atomic E-state index is 8.56. The number of unbranched alkanes of at least 4 members (excludes halogenated alkanes) is 13. The van der Waals surface area contributed by atoms with Crippen LogP contribution in [0.15, 0.2) is 0 Å². The van der Waals surface area contributed by atoms with E-state index in [2.05, 4.69) is 6.92 Å². The van der Waals surface area contributed by atoms with E-state index in [9.17, 15) is 0 Å². The fourth-order valence-corrected chi connectivity index (χ4v) is 2.57. The van der Waals surface area contributed by atoms with Crippen molar-refractivity contribution in [1.82, 2.24) is 0 Å². The van der Waals surface area contributed by atoms with Gasteiger partial charge in [-0.2, -0.15) is 0 Å². The van der Waals surface area contributed by atoms with Crippen LogP contribution in [-0.2, 0) is 4.74 Å². The predicted octanol–water partition coefficient (Wildman–Crippen LogP) is 2.59. The molecule has 0 aromatic heterocycles. The van der Waals surface area contributed by atoms with Crippen molar-refractivity contribution >= 4 is 0 Å². The van der Waals surface area contributed by atoms with E-state index in [0.717, 1.165) is 13.0 Å². The van der Waals surface area contributed by atoms with Crippen molar-refractivity contribution in [1.29, 1.82) is 0 Å². The average Bonchev–Trinajstić information content (AvgIpc) is 2.47. The zero-order valence-electron chi connectivity index (χ0n) is 15.9. The number of ether oxygens (including phenoxy) is 1. The van der Waals surface area contributed by atoms with Crippen molar-refractivity contribution in [3.63, 3.8) is 0 Å². The number of hydrogen-bond donors (Lipinski definition) is 1. The van der Waals surface area contributed by atoms with Gasteiger partial charge in [0.05, 0.1) is 13.2 Å². The van der Waals surface area contributed by atoms with E-state index in [1.165, 1.54) is 83.5 Å². The van der Waals surface area contributed by atoms with Crippen LogP contribution in [0.5, 0.6) is 0 Å². The Morgan fingerprint density at radius 2 is 1.00 bits per heavy atom. The molecule has 124 valence electrons. The van der Waals surface area contributed by atoms with Gasteiger partial charge in [-0.15, -0.1) is 0 Å². The third-order valence-electron chi connectivity index (χ3n) is 3.88. The third-order valence-corrected chi connectivity index (χ3v) is 3.88. The van der Waals surface area contributed by atoms with Crippen LogP contribution in [-0.4, -0.2) is 24.9 Å². The first-order valence-electron chi connectivity index (χ1n) is 9.10. The van der Waals surface area contributed by atoms with E-state index < -0.39 is 0 Å². The van der Waals surface area contributed by atoms with Crippen molar-refractivity contribution in [3.05, 3.63) is 0 Å². The summed E-state index contributed by atoms with van der Waals surface area (Å²) < 4.78 is 5.24. The first kappa shape index (κ1) is 24.8. The standard InChI is InChI=1S/C18H38O2.K.H/c1-2-3-4-5-6-7-8-9-10-11-12-13-14-15-17-20-18-16-19;;/h19H,2-18H2,1H3;;/q;+1;-1. The number of aliphatic hydroxyl groups excluding tert-OH is 1. The van der Waals surface area contributed by atoms with Crippen molar-refractivity contribution in [2.24, 2.45) is 0 Å². The predicted molar refractivity (Wildman–Crippen MR) is 89.3 cm³/mol. The van der Waals surface area contributed by atoms with Gasteiger partial charge in [0.25, 0.3) is 0 Å². The molecule has 0 rings (SSSR count). The second kappa shape index (κ2) is 23.8. The summed E-state index contributed by atoms with van der Waals surface area (Å²) in [6, 6.07) is 0. The van der Waals surface area contributed by atoms with Crippen LogP contribution >= 0.6 is 0 Å². The molecule has 0 unspecified atom stereocenters. The molecule has 0 spiro atoms. The number of rotatable bonds is 17. The molecule has 0 saturated carbocycles. The fraction of sp³-hybridized carbons (Fsp3) is 1.00. The first-order chi connectivity index (χ1) is 9.91. The molecule has 0 aliphatic rings. The molecule has 0 fully saturated rings. The van der Waals surface area contributed by atoms with Crippen LogP contribution in [0.4, 0.5) is 0 Å². The van der Waals surface area contributed by atoms with Crippen molar-refractivity contribution in [3.8, 4) is 0 Å². The van der Waals surface area contributed by atoms with E-state index in [0.29, 0.717) is 6.61 Å². The Labute approximate surface area is 177 Å². The molecule has 2 nitrogen and oxygen atoms in total. The van der Waals surface area contributed by atoms with E-state index in [4.69, 9.17) is 9.84 Å². The van der Waals surface area contributed by atoms with Gasteiger partial charge in [-0.25, -0.2) is 0 Å². The van der Waals surface area contributed by atoms with Crippen molar-refractivity contribution in [2.45, 2.75) is 96.8 Å². The van der Waals surface area contributed by atoms with Gasteiger partial charge in [0.1, 0.15) is 0 Å². The summed E-state index contributed by atoms with van der Waals surface area (Å²) in [7, 11) is 0. The molecule has 0 radical (unpaired) electrons. The quantitative estimate of drug-likeness (QED) is 0.329. The maximum Gasteiger partial charge on any atom is 1.00 e. The first-order valence-corrected chi connectivity index (χ1v) is 9.10. The molecule has 21 heavy (non-hydrogen) atoms. The monoisotopic (exact) mass is 326 g/mol. The van der Waals surface area contributed by atoms with E-state index in [1.807, 2.05) is 0 Å². The maximum atomic E-state index is 8.56. The second-order valence-corrected chi connectivity index (χ2v) is 5.93. The SMILES string of the molecule is CCCCCCCCCCCCCCCCOCCO.[H-].[K+]. The van der Waals surface area contributed by atoms with Gasteiger partial charge in [0, 0.05) is 6.61 Å². The van der Waals surface area contributed by atoms with Gasteiger partial charge in [-0.05, 0) is 6.42 Å². The number of aliphatic hydroxyl groups is 1. The van der Waals surface area contributed by atoms with Gasteiger partial charge in [0.15, 0.2) is 0 Å². The molecule has 0 aromatic rings. The summed E-state index contributed by atoms with van der Waals surface area (Å²) in [5.41, 5.74) is 0. The Kier molecular flexibility index (Phi) is 28.1. The Morgan fingerprint density at radius 1 is 0.619 bits per heavy atom. The Hall–Kier alpha value is 1.56. The molecule has 0 aliphatic heterocycles. The van der Waals surface area contributed by atoms with Crippen LogP contribution in [0, 0.1) is 0 Å². The van der Waals surface area contributed by atoms with Crippen LogP contribution in [0.25, 0.3) is 0 Å². The van der Waals surface area contributed by atoms with Crippen LogP contribution in [0.2, 0.25) is 0 Å². The topological polar surface area (TPSA) is 29.5 Å². The summed E-state index contributed by atoms with van der Waals surface area (Å²) in [6.45, 7) is 3.75. The van der Waals surface area contributed by atoms with Crippen molar-refractivity contribution in [2.75, 3.05) is 19.8 Å². The smallest absolute Gasteiger partial charge is 1.00 e. The number of hydrogen-bond acceptors (Lipinski definition) is 2. The van der Waals surface area contributed by atoms with E-state index in [-0.39, 0.29) is 59.4 Å². The summed E-state index contributed by atoms with van der Waals surface area (Å²) in [5, 5.41) is 8.56. The van der Waals surface area contributed by atoms with Gasteiger partial charge >= 0.3 is 51.4 Å². The molecule has 1 N–H and O–H groups in total. The Morgan fingerprint density at radius 3 is 1.38 bits per heavy atom. The average molecular weight is 327 g/mol. The molecular weight excluding hydrogens is 287 g/mol. The van der Waals surface area contributed by atoms with Gasteiger partial charge in [-0.1, -0.05) is 90.4 Å². The van der Waals surface area contributed by atoms with Gasteiger partial charge in [0.2, 0.25) is 0 Å². The molecule has 0 aromatic carbocycles. The second-order valence-electron chi connectivity index (χ2n) is 5.93. The Bertz CT molecular complexity index is 153.